The molecule has 3 aromatic rings. The molecule has 3 N–H and O–H groups in total. The van der Waals surface area contributed by atoms with Gasteiger partial charge in [-0.15, -0.1) is 0 Å². The number of fused-ring (bicyclic) bond motifs is 2. The molecule has 166 valence electrons. The Labute approximate surface area is 183 Å². The molecule has 0 bridgehead atoms. The first-order chi connectivity index (χ1) is 15.5. The average Bonchev–Trinajstić information content (AvgIpc) is 3.28. The Morgan fingerprint density at radius 3 is 2.59 bits per heavy atom. The topological polar surface area (TPSA) is 115 Å². The first kappa shape index (κ1) is 20.2. The van der Waals surface area contributed by atoms with Crippen LogP contribution >= 0.6 is 0 Å². The first-order valence-electron chi connectivity index (χ1n) is 10.3. The number of nitrogens with one attached hydrogen (secondary N) is 3. The standard InChI is InChI=1S/C23H23N3O6/c1-29-18-7-13-5-6-25-23(16(13)9-19(18)30-2,10-14-11-24-22(28)26-21(14)27)15-3-4-17-20(8-15)32-12-31-17/h3-4,7-9,11,25H,5-6,10,12H2,1-2H3,(H2,24,26,27,28). The van der Waals surface area contributed by atoms with Crippen LogP contribution in [0.15, 0.2) is 46.1 Å². The predicted octanol–water partition coefficient (Wildman–Crippen LogP) is 1.44. The summed E-state index contributed by atoms with van der Waals surface area (Å²) >= 11 is 0. The highest BCUT2D eigenvalue weighted by atomic mass is 16.7. The molecule has 2 aliphatic rings. The van der Waals surface area contributed by atoms with Gasteiger partial charge in [0, 0.05) is 24.7 Å². The molecule has 0 radical (unpaired) electrons. The third-order valence-electron chi connectivity index (χ3n) is 6.11. The molecular formula is C23H23N3O6. The van der Waals surface area contributed by atoms with Crippen LogP contribution in [0.4, 0.5) is 0 Å². The second kappa shape index (κ2) is 7.76. The molecule has 0 saturated heterocycles. The van der Waals surface area contributed by atoms with Gasteiger partial charge in [-0.3, -0.25) is 9.78 Å². The molecule has 5 rings (SSSR count). The van der Waals surface area contributed by atoms with Crippen LogP contribution in [-0.4, -0.2) is 37.5 Å². The van der Waals surface area contributed by atoms with Gasteiger partial charge in [-0.05, 0) is 47.4 Å². The van der Waals surface area contributed by atoms with Gasteiger partial charge < -0.3 is 29.2 Å². The largest absolute Gasteiger partial charge is 0.493 e. The average molecular weight is 437 g/mol. The third-order valence-corrected chi connectivity index (χ3v) is 6.11. The number of aromatic nitrogens is 2. The van der Waals surface area contributed by atoms with E-state index >= 15 is 0 Å². The van der Waals surface area contributed by atoms with Crippen LogP contribution in [0.5, 0.6) is 23.0 Å². The Morgan fingerprint density at radius 1 is 1.03 bits per heavy atom. The van der Waals surface area contributed by atoms with Gasteiger partial charge in [0.1, 0.15) is 0 Å². The minimum absolute atomic E-state index is 0.167. The summed E-state index contributed by atoms with van der Waals surface area (Å²) in [6.45, 7) is 0.846. The summed E-state index contributed by atoms with van der Waals surface area (Å²) in [5.74, 6) is 2.56. The summed E-state index contributed by atoms with van der Waals surface area (Å²) in [4.78, 5) is 29.1. The third kappa shape index (κ3) is 3.21. The van der Waals surface area contributed by atoms with Crippen molar-refractivity contribution in [1.29, 1.82) is 0 Å². The molecule has 9 nitrogen and oxygen atoms in total. The van der Waals surface area contributed by atoms with Crippen molar-refractivity contribution in [3.63, 3.8) is 0 Å². The number of aromatic amines is 2. The van der Waals surface area contributed by atoms with Crippen molar-refractivity contribution in [3.8, 4) is 23.0 Å². The van der Waals surface area contributed by atoms with E-state index in [9.17, 15) is 9.59 Å². The van der Waals surface area contributed by atoms with Crippen LogP contribution in [0.2, 0.25) is 0 Å². The Balaban J connectivity index is 1.75. The summed E-state index contributed by atoms with van der Waals surface area (Å²) in [6.07, 6.45) is 2.54. The van der Waals surface area contributed by atoms with Crippen LogP contribution in [0.1, 0.15) is 22.3 Å². The van der Waals surface area contributed by atoms with Gasteiger partial charge in [-0.25, -0.2) is 4.79 Å². The van der Waals surface area contributed by atoms with Crippen LogP contribution in [0.3, 0.4) is 0 Å². The number of H-pyrrole nitrogens is 2. The Kier molecular flexibility index (Phi) is 4.90. The zero-order valence-corrected chi connectivity index (χ0v) is 17.7. The molecular weight excluding hydrogens is 414 g/mol. The maximum atomic E-state index is 12.6. The van der Waals surface area contributed by atoms with E-state index in [0.29, 0.717) is 41.5 Å². The molecule has 2 aliphatic heterocycles. The number of hydrogen-bond donors (Lipinski definition) is 3. The van der Waals surface area contributed by atoms with Crippen molar-refractivity contribution < 1.29 is 18.9 Å². The van der Waals surface area contributed by atoms with Crippen LogP contribution in [-0.2, 0) is 18.4 Å². The van der Waals surface area contributed by atoms with Crippen molar-refractivity contribution in [2.45, 2.75) is 18.4 Å². The second-order valence-electron chi connectivity index (χ2n) is 7.79. The zero-order chi connectivity index (χ0) is 22.3. The molecule has 1 aromatic heterocycles. The molecule has 0 spiro atoms. The van der Waals surface area contributed by atoms with Gasteiger partial charge in [0.05, 0.1) is 19.8 Å². The molecule has 3 heterocycles. The van der Waals surface area contributed by atoms with Crippen molar-refractivity contribution in [2.24, 2.45) is 0 Å². The summed E-state index contributed by atoms with van der Waals surface area (Å²) in [5.41, 5.74) is 1.64. The SMILES string of the molecule is COc1cc2c(cc1OC)C(Cc1c[nH]c(=O)[nH]c1=O)(c1ccc3c(c1)OCO3)NCC2. The lowest BCUT2D eigenvalue weighted by molar-refractivity contribution is 0.174. The molecule has 0 aliphatic carbocycles. The molecule has 32 heavy (non-hydrogen) atoms. The fourth-order valence-corrected chi connectivity index (χ4v) is 4.57. The fourth-order valence-electron chi connectivity index (χ4n) is 4.57. The normalized spacial score (nSPS) is 18.8. The van der Waals surface area contributed by atoms with Crippen molar-refractivity contribution in [1.82, 2.24) is 15.3 Å². The quantitative estimate of drug-likeness (QED) is 0.553. The highest BCUT2D eigenvalue weighted by Gasteiger charge is 2.40. The summed E-state index contributed by atoms with van der Waals surface area (Å²) in [5, 5.41) is 3.64. The number of ether oxygens (including phenoxy) is 4. The van der Waals surface area contributed by atoms with E-state index in [1.54, 1.807) is 14.2 Å². The monoisotopic (exact) mass is 437 g/mol. The minimum atomic E-state index is -0.778. The van der Waals surface area contributed by atoms with Gasteiger partial charge in [-0.1, -0.05) is 6.07 Å². The van der Waals surface area contributed by atoms with E-state index in [1.165, 1.54) is 6.20 Å². The smallest absolute Gasteiger partial charge is 0.325 e. The Morgan fingerprint density at radius 2 is 1.81 bits per heavy atom. The van der Waals surface area contributed by atoms with Crippen LogP contribution < -0.4 is 35.5 Å². The maximum absolute atomic E-state index is 12.6. The van der Waals surface area contributed by atoms with Gasteiger partial charge >= 0.3 is 5.69 Å². The summed E-state index contributed by atoms with van der Waals surface area (Å²) in [7, 11) is 3.20. The lowest BCUT2D eigenvalue weighted by atomic mass is 9.73. The minimum Gasteiger partial charge on any atom is -0.493 e. The molecule has 2 aromatic carbocycles. The molecule has 1 atom stereocenters. The molecule has 0 fully saturated rings. The number of methoxy groups -OCH3 is 2. The highest BCUT2D eigenvalue weighted by molar-refractivity contribution is 5.57. The highest BCUT2D eigenvalue weighted by Crippen LogP contribution is 2.45. The van der Waals surface area contributed by atoms with Crippen molar-refractivity contribution in [2.75, 3.05) is 27.6 Å². The van der Waals surface area contributed by atoms with Gasteiger partial charge in [0.2, 0.25) is 6.79 Å². The van der Waals surface area contributed by atoms with Crippen molar-refractivity contribution >= 4 is 0 Å². The fraction of sp³-hybridized carbons (Fsp3) is 0.304. The number of hydrogen-bond acceptors (Lipinski definition) is 7. The Hall–Kier alpha value is -3.72. The predicted molar refractivity (Wildman–Crippen MR) is 116 cm³/mol. The second-order valence-corrected chi connectivity index (χ2v) is 7.79. The lowest BCUT2D eigenvalue weighted by Gasteiger charge is -2.41. The number of rotatable bonds is 5. The van der Waals surface area contributed by atoms with E-state index in [1.807, 2.05) is 30.3 Å². The van der Waals surface area contributed by atoms with Crippen LogP contribution in [0.25, 0.3) is 0 Å². The van der Waals surface area contributed by atoms with E-state index < -0.39 is 16.8 Å². The molecule has 0 saturated carbocycles. The summed E-state index contributed by atoms with van der Waals surface area (Å²) < 4.78 is 22.2. The molecule has 9 heteroatoms. The van der Waals surface area contributed by atoms with E-state index in [4.69, 9.17) is 18.9 Å². The van der Waals surface area contributed by atoms with Gasteiger partial charge in [0.25, 0.3) is 5.56 Å². The Bertz CT molecular complexity index is 1300. The summed E-state index contributed by atoms with van der Waals surface area (Å²) in [6, 6.07) is 9.69. The van der Waals surface area contributed by atoms with E-state index in [-0.39, 0.29) is 6.79 Å². The van der Waals surface area contributed by atoms with Crippen molar-refractivity contribution in [3.05, 3.63) is 79.6 Å². The van der Waals surface area contributed by atoms with E-state index in [0.717, 1.165) is 23.1 Å². The number of benzene rings is 2. The maximum Gasteiger partial charge on any atom is 0.325 e. The lowest BCUT2D eigenvalue weighted by Crippen LogP contribution is -2.50. The van der Waals surface area contributed by atoms with Crippen LogP contribution in [0, 0.1) is 0 Å². The van der Waals surface area contributed by atoms with Gasteiger partial charge in [-0.2, -0.15) is 0 Å². The first-order valence-corrected chi connectivity index (χ1v) is 10.3. The van der Waals surface area contributed by atoms with Gasteiger partial charge in [0.15, 0.2) is 23.0 Å². The molecule has 0 amide bonds. The molecule has 1 unspecified atom stereocenters. The van der Waals surface area contributed by atoms with E-state index in [2.05, 4.69) is 15.3 Å². The zero-order valence-electron chi connectivity index (χ0n) is 17.7.